The summed E-state index contributed by atoms with van der Waals surface area (Å²) in [6.45, 7) is 15.9. The topological polar surface area (TPSA) is 73.3 Å². The highest BCUT2D eigenvalue weighted by Gasteiger charge is 2.37. The normalized spacial score (nSPS) is 17.3. The number of likely N-dealkylation sites (N-methyl/N-ethyl adjacent to an activating group) is 1. The Kier molecular flexibility index (Phi) is 7.17. The Hall–Kier alpha value is -2.90. The van der Waals surface area contributed by atoms with E-state index in [4.69, 9.17) is 4.74 Å². The number of hydrogen-bond acceptors (Lipinski definition) is 4. The summed E-state index contributed by atoms with van der Waals surface area (Å²) < 4.78 is 6.15. The Morgan fingerprint density at radius 1 is 0.889 bits per heavy atom. The first-order valence-corrected chi connectivity index (χ1v) is 12.7. The number of carboxylic acid groups (broad SMARTS) is 1. The van der Waals surface area contributed by atoms with Gasteiger partial charge in [0.1, 0.15) is 0 Å². The van der Waals surface area contributed by atoms with Crippen molar-refractivity contribution in [3.8, 4) is 11.1 Å². The zero-order valence-electron chi connectivity index (χ0n) is 22.6. The van der Waals surface area contributed by atoms with Crippen LogP contribution in [0.1, 0.15) is 60.3 Å². The molecule has 1 fully saturated rings. The van der Waals surface area contributed by atoms with Crippen molar-refractivity contribution in [3.05, 3.63) is 57.6 Å². The number of urea groups is 1. The molecule has 2 aromatic rings. The summed E-state index contributed by atoms with van der Waals surface area (Å²) in [5.41, 5.74) is 7.13. The zero-order chi connectivity index (χ0) is 26.4. The molecule has 0 saturated carbocycles. The SMILES string of the molecule is Cc1ccc(-c2c(C)c3c(c(C)c2[C@H](OC(C)(C)C)C(=O)O)CN(C(=O)N2CCN(C)CC2)C3)cc1. The van der Waals surface area contributed by atoms with E-state index in [-0.39, 0.29) is 6.03 Å². The van der Waals surface area contributed by atoms with Crippen LogP contribution in [-0.2, 0) is 22.6 Å². The molecule has 1 N–H and O–H groups in total. The van der Waals surface area contributed by atoms with E-state index < -0.39 is 17.7 Å². The Morgan fingerprint density at radius 2 is 1.44 bits per heavy atom. The number of carboxylic acids is 1. The fraction of sp³-hybridized carbons (Fsp3) is 0.517. The number of rotatable bonds is 4. The van der Waals surface area contributed by atoms with Crippen LogP contribution < -0.4 is 0 Å². The fourth-order valence-corrected chi connectivity index (χ4v) is 5.36. The van der Waals surface area contributed by atoms with Gasteiger partial charge in [-0.25, -0.2) is 9.59 Å². The van der Waals surface area contributed by atoms with Crippen molar-refractivity contribution in [2.75, 3.05) is 33.2 Å². The van der Waals surface area contributed by atoms with Gasteiger partial charge in [0.15, 0.2) is 6.10 Å². The molecule has 4 rings (SSSR count). The lowest BCUT2D eigenvalue weighted by Crippen LogP contribution is -2.50. The van der Waals surface area contributed by atoms with E-state index in [9.17, 15) is 14.7 Å². The average Bonchev–Trinajstić information content (AvgIpc) is 3.26. The van der Waals surface area contributed by atoms with Gasteiger partial charge >= 0.3 is 12.0 Å². The molecule has 0 spiro atoms. The lowest BCUT2D eigenvalue weighted by molar-refractivity contribution is -0.160. The summed E-state index contributed by atoms with van der Waals surface area (Å²) in [4.78, 5) is 32.1. The van der Waals surface area contributed by atoms with Crippen LogP contribution in [0.25, 0.3) is 11.1 Å². The quantitative estimate of drug-likeness (QED) is 0.656. The average molecular weight is 494 g/mol. The Morgan fingerprint density at radius 3 is 1.97 bits per heavy atom. The Labute approximate surface area is 214 Å². The smallest absolute Gasteiger partial charge is 0.337 e. The summed E-state index contributed by atoms with van der Waals surface area (Å²) in [5.74, 6) is -1.01. The van der Waals surface area contributed by atoms with Crippen LogP contribution in [0.5, 0.6) is 0 Å². The van der Waals surface area contributed by atoms with E-state index in [0.29, 0.717) is 18.7 Å². The number of aliphatic carboxylic acids is 1. The van der Waals surface area contributed by atoms with Crippen LogP contribution in [0.2, 0.25) is 0 Å². The molecule has 0 aliphatic carbocycles. The van der Waals surface area contributed by atoms with Gasteiger partial charge in [-0.15, -0.1) is 0 Å². The molecule has 2 aliphatic heterocycles. The second-order valence-corrected chi connectivity index (χ2v) is 11.2. The molecule has 1 atom stereocenters. The molecule has 0 aromatic heterocycles. The second kappa shape index (κ2) is 9.87. The number of piperazine rings is 1. The number of amides is 2. The molecule has 2 aliphatic rings. The summed E-state index contributed by atoms with van der Waals surface area (Å²) in [6.07, 6.45) is -1.12. The maximum absolute atomic E-state index is 13.4. The van der Waals surface area contributed by atoms with Crippen LogP contribution in [-0.4, -0.2) is 70.6 Å². The number of nitrogens with zero attached hydrogens (tertiary/aromatic N) is 3. The number of aryl methyl sites for hydroxylation is 1. The van der Waals surface area contributed by atoms with E-state index in [0.717, 1.165) is 65.1 Å². The molecule has 0 bridgehead atoms. The molecule has 2 aromatic carbocycles. The van der Waals surface area contributed by atoms with Crippen LogP contribution in [0.4, 0.5) is 4.79 Å². The van der Waals surface area contributed by atoms with E-state index in [1.807, 2.05) is 68.7 Å². The van der Waals surface area contributed by atoms with Gasteiger partial charge in [-0.2, -0.15) is 0 Å². The molecule has 7 nitrogen and oxygen atoms in total. The lowest BCUT2D eigenvalue weighted by atomic mass is 9.83. The summed E-state index contributed by atoms with van der Waals surface area (Å²) >= 11 is 0. The predicted octanol–water partition coefficient (Wildman–Crippen LogP) is 4.90. The standard InChI is InChI=1S/C29H39N3O4/c1-18-8-10-21(11-9-18)24-19(2)22-16-32(28(35)31-14-12-30(7)13-15-31)17-23(22)20(3)25(24)26(27(33)34)36-29(4,5)6/h8-11,26H,12-17H2,1-7H3,(H,33,34)/t26-/m0/s1. The zero-order valence-corrected chi connectivity index (χ0v) is 22.6. The number of carbonyl (C=O) groups is 2. The van der Waals surface area contributed by atoms with Crippen LogP contribution in [0, 0.1) is 20.8 Å². The van der Waals surface area contributed by atoms with Crippen molar-refractivity contribution in [1.82, 2.24) is 14.7 Å². The first-order chi connectivity index (χ1) is 16.9. The van der Waals surface area contributed by atoms with Crippen molar-refractivity contribution in [2.45, 2.75) is 66.3 Å². The third-order valence-corrected chi connectivity index (χ3v) is 7.36. The van der Waals surface area contributed by atoms with Crippen molar-refractivity contribution in [3.63, 3.8) is 0 Å². The number of ether oxygens (including phenoxy) is 1. The maximum atomic E-state index is 13.4. The third-order valence-electron chi connectivity index (χ3n) is 7.36. The molecule has 7 heteroatoms. The minimum Gasteiger partial charge on any atom is -0.479 e. The molecule has 2 amide bonds. The molecule has 1 saturated heterocycles. The van der Waals surface area contributed by atoms with Gasteiger partial charge in [0.25, 0.3) is 0 Å². The van der Waals surface area contributed by atoms with Crippen LogP contribution >= 0.6 is 0 Å². The van der Waals surface area contributed by atoms with Gasteiger partial charge in [0.05, 0.1) is 5.60 Å². The number of benzene rings is 2. The van der Waals surface area contributed by atoms with Crippen LogP contribution in [0.3, 0.4) is 0 Å². The number of hydrogen-bond donors (Lipinski definition) is 1. The first kappa shape index (κ1) is 26.2. The number of fused-ring (bicyclic) bond motifs is 1. The Bertz CT molecular complexity index is 1160. The minimum absolute atomic E-state index is 0.0530. The monoisotopic (exact) mass is 493 g/mol. The molecule has 0 unspecified atom stereocenters. The van der Waals surface area contributed by atoms with Crippen molar-refractivity contribution in [2.24, 2.45) is 0 Å². The van der Waals surface area contributed by atoms with Gasteiger partial charge in [0.2, 0.25) is 0 Å². The van der Waals surface area contributed by atoms with Gasteiger partial charge in [-0.05, 0) is 82.0 Å². The maximum Gasteiger partial charge on any atom is 0.337 e. The molecular formula is C29H39N3O4. The van der Waals surface area contributed by atoms with Crippen molar-refractivity contribution in [1.29, 1.82) is 0 Å². The van der Waals surface area contributed by atoms with E-state index in [1.54, 1.807) is 0 Å². The van der Waals surface area contributed by atoms with Gasteiger partial charge in [-0.3, -0.25) is 0 Å². The van der Waals surface area contributed by atoms with Gasteiger partial charge in [-0.1, -0.05) is 29.8 Å². The molecular weight excluding hydrogens is 454 g/mol. The predicted molar refractivity (Wildman–Crippen MR) is 141 cm³/mol. The lowest BCUT2D eigenvalue weighted by Gasteiger charge is -2.34. The highest BCUT2D eigenvalue weighted by atomic mass is 16.5. The van der Waals surface area contributed by atoms with E-state index in [2.05, 4.69) is 18.9 Å². The van der Waals surface area contributed by atoms with E-state index in [1.165, 1.54) is 0 Å². The summed E-state index contributed by atoms with van der Waals surface area (Å²) in [7, 11) is 2.08. The molecule has 0 radical (unpaired) electrons. The van der Waals surface area contributed by atoms with E-state index >= 15 is 0 Å². The highest BCUT2D eigenvalue weighted by Crippen LogP contribution is 2.43. The number of carbonyl (C=O) groups excluding carboxylic acids is 1. The Balaban J connectivity index is 1.82. The fourth-order valence-electron chi connectivity index (χ4n) is 5.36. The third kappa shape index (κ3) is 5.13. The molecule has 36 heavy (non-hydrogen) atoms. The minimum atomic E-state index is -1.12. The largest absolute Gasteiger partial charge is 0.479 e. The first-order valence-electron chi connectivity index (χ1n) is 12.7. The van der Waals surface area contributed by atoms with Crippen LogP contribution in [0.15, 0.2) is 24.3 Å². The second-order valence-electron chi connectivity index (χ2n) is 11.2. The highest BCUT2D eigenvalue weighted by molar-refractivity contribution is 5.85. The molecule has 194 valence electrons. The van der Waals surface area contributed by atoms with Crippen molar-refractivity contribution >= 4 is 12.0 Å². The van der Waals surface area contributed by atoms with Gasteiger partial charge in [0, 0.05) is 44.8 Å². The van der Waals surface area contributed by atoms with Gasteiger partial charge < -0.3 is 24.5 Å². The summed E-state index contributed by atoms with van der Waals surface area (Å²) in [6, 6.07) is 8.24. The summed E-state index contributed by atoms with van der Waals surface area (Å²) in [5, 5.41) is 10.3. The molecule has 2 heterocycles. The van der Waals surface area contributed by atoms with Crippen molar-refractivity contribution < 1.29 is 19.4 Å².